The molecule has 2 amide bonds. The Labute approximate surface area is 139 Å². The predicted molar refractivity (Wildman–Crippen MR) is 92.1 cm³/mol. The number of urea groups is 1. The first-order valence-electron chi connectivity index (χ1n) is 8.35. The molecule has 1 heterocycles. The van der Waals surface area contributed by atoms with E-state index in [4.69, 9.17) is 5.26 Å². The van der Waals surface area contributed by atoms with Crippen LogP contribution in [0.2, 0.25) is 0 Å². The van der Waals surface area contributed by atoms with Crippen LogP contribution in [0.5, 0.6) is 0 Å². The van der Waals surface area contributed by atoms with Gasteiger partial charge in [0.15, 0.2) is 0 Å². The van der Waals surface area contributed by atoms with Crippen LogP contribution < -0.4 is 5.32 Å². The lowest BCUT2D eigenvalue weighted by Gasteiger charge is -2.35. The van der Waals surface area contributed by atoms with Crippen molar-refractivity contribution in [2.24, 2.45) is 5.41 Å². The molecule has 0 spiro atoms. The van der Waals surface area contributed by atoms with Gasteiger partial charge in [-0.25, -0.2) is 4.79 Å². The third-order valence-electron chi connectivity index (χ3n) is 4.62. The van der Waals surface area contributed by atoms with E-state index in [0.717, 1.165) is 19.3 Å². The number of rotatable bonds is 3. The van der Waals surface area contributed by atoms with Crippen molar-refractivity contribution < 1.29 is 4.79 Å². The number of nitrogens with zero attached hydrogens (tertiary/aromatic N) is 2. The summed E-state index contributed by atoms with van der Waals surface area (Å²) in [6.45, 7) is 9.53. The summed E-state index contributed by atoms with van der Waals surface area (Å²) < 4.78 is 0. The number of carbonyl (C=O) groups excluding carboxylic acids is 1. The van der Waals surface area contributed by atoms with Gasteiger partial charge in [-0.3, -0.25) is 0 Å². The van der Waals surface area contributed by atoms with Crippen molar-refractivity contribution in [3.05, 3.63) is 34.9 Å². The van der Waals surface area contributed by atoms with Crippen molar-refractivity contribution >= 4 is 6.03 Å². The predicted octanol–water partition coefficient (Wildman–Crippen LogP) is 3.57. The third-order valence-corrected chi connectivity index (χ3v) is 4.62. The van der Waals surface area contributed by atoms with Crippen LogP contribution in [-0.2, 0) is 6.42 Å². The minimum atomic E-state index is -0.276. The van der Waals surface area contributed by atoms with Gasteiger partial charge in [0.1, 0.15) is 0 Å². The van der Waals surface area contributed by atoms with E-state index in [2.05, 4.69) is 43.4 Å². The van der Waals surface area contributed by atoms with E-state index in [9.17, 15) is 4.79 Å². The van der Waals surface area contributed by atoms with Crippen molar-refractivity contribution in [3.63, 3.8) is 0 Å². The maximum Gasteiger partial charge on any atom is 0.317 e. The lowest BCUT2D eigenvalue weighted by molar-refractivity contribution is 0.154. The summed E-state index contributed by atoms with van der Waals surface area (Å²) >= 11 is 0. The molecule has 124 valence electrons. The van der Waals surface area contributed by atoms with Crippen LogP contribution in [0, 0.1) is 30.6 Å². The summed E-state index contributed by atoms with van der Waals surface area (Å²) in [6, 6.07) is 8.95. The Morgan fingerprint density at radius 2 is 1.87 bits per heavy atom. The fourth-order valence-corrected chi connectivity index (χ4v) is 3.21. The Morgan fingerprint density at radius 3 is 2.39 bits per heavy atom. The van der Waals surface area contributed by atoms with Gasteiger partial charge >= 0.3 is 6.03 Å². The summed E-state index contributed by atoms with van der Waals surface area (Å²) in [4.78, 5) is 14.2. The van der Waals surface area contributed by atoms with Crippen LogP contribution in [0.1, 0.15) is 43.4 Å². The number of nitrogens with one attached hydrogen (secondary N) is 1. The average molecular weight is 313 g/mol. The Kier molecular flexibility index (Phi) is 5.30. The maximum atomic E-state index is 12.4. The lowest BCUT2D eigenvalue weighted by atomic mass is 9.82. The molecule has 4 heteroatoms. The fraction of sp³-hybridized carbons (Fsp3) is 0.579. The second kappa shape index (κ2) is 7.04. The Hall–Kier alpha value is -2.02. The normalized spacial score (nSPS) is 18.1. The zero-order valence-corrected chi connectivity index (χ0v) is 14.6. The molecule has 1 atom stereocenters. The summed E-state index contributed by atoms with van der Waals surface area (Å²) in [7, 11) is 0. The van der Waals surface area contributed by atoms with Crippen LogP contribution in [0.3, 0.4) is 0 Å². The number of benzene rings is 1. The number of piperidine rings is 1. The molecule has 1 aromatic carbocycles. The van der Waals surface area contributed by atoms with E-state index in [-0.39, 0.29) is 17.5 Å². The highest BCUT2D eigenvalue weighted by Gasteiger charge is 2.32. The molecule has 1 aliphatic rings. The SMILES string of the molecule is Cc1cc(C)cc(C[C@@H](C)NC(=O)N2CCC(C)(C#N)CC2)c1. The Morgan fingerprint density at radius 1 is 1.30 bits per heavy atom. The summed E-state index contributed by atoms with van der Waals surface area (Å²) in [6.07, 6.45) is 2.34. The Balaban J connectivity index is 1.87. The highest BCUT2D eigenvalue weighted by atomic mass is 16.2. The molecular formula is C19H27N3O. The number of hydrogen-bond donors (Lipinski definition) is 1. The van der Waals surface area contributed by atoms with Gasteiger partial charge < -0.3 is 10.2 Å². The number of nitriles is 1. The fourth-order valence-electron chi connectivity index (χ4n) is 3.21. The molecule has 0 saturated carbocycles. The minimum absolute atomic E-state index is 0.0122. The first-order chi connectivity index (χ1) is 10.8. The number of aryl methyl sites for hydroxylation is 2. The lowest BCUT2D eigenvalue weighted by Crippen LogP contribution is -2.49. The zero-order valence-electron chi connectivity index (χ0n) is 14.6. The minimum Gasteiger partial charge on any atom is -0.335 e. The van der Waals surface area contributed by atoms with Gasteiger partial charge in [0.05, 0.1) is 11.5 Å². The van der Waals surface area contributed by atoms with Gasteiger partial charge in [-0.1, -0.05) is 29.3 Å². The standard InChI is InChI=1S/C19H27N3O/c1-14-9-15(2)11-17(10-14)12-16(3)21-18(23)22-7-5-19(4,13-20)6-8-22/h9-11,16H,5-8,12H2,1-4H3,(H,21,23)/t16-/m1/s1. The van der Waals surface area contributed by atoms with Crippen LogP contribution in [0.4, 0.5) is 4.79 Å². The quantitative estimate of drug-likeness (QED) is 0.927. The monoisotopic (exact) mass is 313 g/mol. The van der Waals surface area contributed by atoms with Crippen LogP contribution in [0.15, 0.2) is 18.2 Å². The van der Waals surface area contributed by atoms with Crippen LogP contribution in [0.25, 0.3) is 0 Å². The molecule has 0 aromatic heterocycles. The molecular weight excluding hydrogens is 286 g/mol. The summed E-state index contributed by atoms with van der Waals surface area (Å²) in [5, 5.41) is 12.2. The zero-order chi connectivity index (χ0) is 17.0. The van der Waals surface area contributed by atoms with Crippen molar-refractivity contribution in [2.45, 2.75) is 53.0 Å². The third kappa shape index (κ3) is 4.72. The average Bonchev–Trinajstić information content (AvgIpc) is 2.46. The van der Waals surface area contributed by atoms with Gasteiger partial charge in [-0.2, -0.15) is 5.26 Å². The number of hydrogen-bond acceptors (Lipinski definition) is 2. The summed E-state index contributed by atoms with van der Waals surface area (Å²) in [5.41, 5.74) is 3.49. The number of likely N-dealkylation sites (tertiary alicyclic amines) is 1. The van der Waals surface area contributed by atoms with E-state index in [1.807, 2.05) is 18.7 Å². The molecule has 23 heavy (non-hydrogen) atoms. The molecule has 1 N–H and O–H groups in total. The second-order valence-corrected chi connectivity index (χ2v) is 7.21. The van der Waals surface area contributed by atoms with E-state index >= 15 is 0 Å². The summed E-state index contributed by atoms with van der Waals surface area (Å²) in [5.74, 6) is 0. The molecule has 0 bridgehead atoms. The molecule has 0 radical (unpaired) electrons. The van der Waals surface area contributed by atoms with E-state index < -0.39 is 0 Å². The second-order valence-electron chi connectivity index (χ2n) is 7.21. The maximum absolute atomic E-state index is 12.4. The van der Waals surface area contributed by atoms with E-state index in [1.165, 1.54) is 16.7 Å². The van der Waals surface area contributed by atoms with Crippen LogP contribution >= 0.6 is 0 Å². The first kappa shape index (κ1) is 17.3. The van der Waals surface area contributed by atoms with Crippen molar-refractivity contribution in [1.82, 2.24) is 10.2 Å². The van der Waals surface area contributed by atoms with E-state index in [1.54, 1.807) is 0 Å². The van der Waals surface area contributed by atoms with Gasteiger partial charge in [0, 0.05) is 19.1 Å². The number of carbonyl (C=O) groups is 1. The molecule has 2 rings (SSSR count). The molecule has 1 saturated heterocycles. The van der Waals surface area contributed by atoms with Crippen molar-refractivity contribution in [3.8, 4) is 6.07 Å². The van der Waals surface area contributed by atoms with Crippen molar-refractivity contribution in [2.75, 3.05) is 13.1 Å². The smallest absolute Gasteiger partial charge is 0.317 e. The van der Waals surface area contributed by atoms with Gasteiger partial charge in [0.25, 0.3) is 0 Å². The molecule has 0 unspecified atom stereocenters. The van der Waals surface area contributed by atoms with Gasteiger partial charge in [-0.15, -0.1) is 0 Å². The number of amides is 2. The highest BCUT2D eigenvalue weighted by Crippen LogP contribution is 2.29. The first-order valence-corrected chi connectivity index (χ1v) is 8.35. The molecule has 1 fully saturated rings. The van der Waals surface area contributed by atoms with Crippen LogP contribution in [-0.4, -0.2) is 30.1 Å². The molecule has 0 aliphatic carbocycles. The van der Waals surface area contributed by atoms with Crippen molar-refractivity contribution in [1.29, 1.82) is 5.26 Å². The topological polar surface area (TPSA) is 56.1 Å². The highest BCUT2D eigenvalue weighted by molar-refractivity contribution is 5.74. The molecule has 4 nitrogen and oxygen atoms in total. The molecule has 1 aliphatic heterocycles. The van der Waals surface area contributed by atoms with Gasteiger partial charge in [0.2, 0.25) is 0 Å². The Bertz CT molecular complexity index is 589. The van der Waals surface area contributed by atoms with E-state index in [0.29, 0.717) is 13.1 Å². The molecule has 1 aromatic rings. The largest absolute Gasteiger partial charge is 0.335 e. The van der Waals surface area contributed by atoms with Gasteiger partial charge in [-0.05, 0) is 52.5 Å².